The number of nitrogens with zero attached hydrogens (tertiary/aromatic N) is 2. The van der Waals surface area contributed by atoms with Gasteiger partial charge >= 0.3 is 0 Å². The molecule has 1 aliphatic heterocycles. The molecule has 3 unspecified atom stereocenters. The lowest BCUT2D eigenvalue weighted by molar-refractivity contribution is -0.129. The maximum atomic E-state index is 11.7. The molecule has 2 fully saturated rings. The van der Waals surface area contributed by atoms with Crippen molar-refractivity contribution in [2.45, 2.75) is 37.0 Å². The second-order valence-electron chi connectivity index (χ2n) is 4.40. The fraction of sp³-hybridized carbons (Fsp3) is 0.818. The van der Waals surface area contributed by atoms with E-state index in [1.54, 1.807) is 0 Å². The Morgan fingerprint density at radius 3 is 2.87 bits per heavy atom. The van der Waals surface area contributed by atoms with Crippen LogP contribution in [0.3, 0.4) is 0 Å². The van der Waals surface area contributed by atoms with Crippen molar-refractivity contribution in [3.8, 4) is 6.07 Å². The molecule has 0 aromatic heterocycles. The molecule has 4 heteroatoms. The minimum Gasteiger partial charge on any atom is -0.338 e. The lowest BCUT2D eigenvalue weighted by atomic mass is 10.1. The number of nitriles is 1. The molecule has 1 aliphatic carbocycles. The molecule has 1 saturated carbocycles. The van der Waals surface area contributed by atoms with E-state index in [1.165, 1.54) is 6.42 Å². The largest absolute Gasteiger partial charge is 0.338 e. The average molecular weight is 224 g/mol. The molecule has 0 aromatic rings. The Bertz CT molecular complexity index is 299. The molecular weight excluding hydrogens is 208 g/mol. The summed E-state index contributed by atoms with van der Waals surface area (Å²) in [6.07, 6.45) is 6.03. The van der Waals surface area contributed by atoms with Crippen LogP contribution in [0.4, 0.5) is 0 Å². The summed E-state index contributed by atoms with van der Waals surface area (Å²) in [6, 6.07) is 2.62. The molecule has 3 nitrogen and oxygen atoms in total. The van der Waals surface area contributed by atoms with Crippen LogP contribution in [0.2, 0.25) is 0 Å². The van der Waals surface area contributed by atoms with E-state index in [2.05, 4.69) is 12.3 Å². The standard InChI is InChI=1S/C11H16N2OS/c1-15-10-3-2-9(5-10)13-7-8(6-12)4-11(13)14/h8-10H,2-5,7H2,1H3. The summed E-state index contributed by atoms with van der Waals surface area (Å²) >= 11 is 1.90. The van der Waals surface area contributed by atoms with Crippen LogP contribution < -0.4 is 0 Å². The van der Waals surface area contributed by atoms with Gasteiger partial charge in [0.1, 0.15) is 0 Å². The SMILES string of the molecule is CSC1CCC(N2CC(C#N)CC2=O)C1. The van der Waals surface area contributed by atoms with Crippen LogP contribution in [0.25, 0.3) is 0 Å². The summed E-state index contributed by atoms with van der Waals surface area (Å²) in [6.45, 7) is 0.668. The zero-order valence-electron chi connectivity index (χ0n) is 8.98. The van der Waals surface area contributed by atoms with Crippen LogP contribution in [0.1, 0.15) is 25.7 Å². The van der Waals surface area contributed by atoms with E-state index in [1.807, 2.05) is 16.7 Å². The van der Waals surface area contributed by atoms with Crippen molar-refractivity contribution in [2.24, 2.45) is 5.92 Å². The van der Waals surface area contributed by atoms with Gasteiger partial charge < -0.3 is 4.90 Å². The summed E-state index contributed by atoms with van der Waals surface area (Å²) in [5, 5.41) is 9.52. The van der Waals surface area contributed by atoms with Gasteiger partial charge in [-0.1, -0.05) is 0 Å². The van der Waals surface area contributed by atoms with E-state index in [4.69, 9.17) is 5.26 Å². The fourth-order valence-electron chi connectivity index (χ4n) is 2.59. The third kappa shape index (κ3) is 2.12. The Balaban J connectivity index is 1.95. The number of carbonyl (C=O) groups is 1. The summed E-state index contributed by atoms with van der Waals surface area (Å²) in [4.78, 5) is 13.6. The number of hydrogen-bond acceptors (Lipinski definition) is 3. The number of likely N-dealkylation sites (tertiary alicyclic amines) is 1. The molecular formula is C11H16N2OS. The van der Waals surface area contributed by atoms with Crippen LogP contribution in [0, 0.1) is 17.2 Å². The minimum absolute atomic E-state index is 0.0640. The monoisotopic (exact) mass is 224 g/mol. The van der Waals surface area contributed by atoms with Crippen molar-refractivity contribution in [3.63, 3.8) is 0 Å². The van der Waals surface area contributed by atoms with Crippen molar-refractivity contribution < 1.29 is 4.79 Å². The minimum atomic E-state index is -0.0640. The van der Waals surface area contributed by atoms with E-state index >= 15 is 0 Å². The van der Waals surface area contributed by atoms with Crippen LogP contribution in [0.5, 0.6) is 0 Å². The van der Waals surface area contributed by atoms with Crippen molar-refractivity contribution in [1.82, 2.24) is 4.90 Å². The first-order chi connectivity index (χ1) is 7.24. The highest BCUT2D eigenvalue weighted by Gasteiger charge is 2.37. The van der Waals surface area contributed by atoms with Crippen LogP contribution >= 0.6 is 11.8 Å². The first kappa shape index (κ1) is 10.8. The molecule has 2 aliphatic rings. The molecule has 1 heterocycles. The van der Waals surface area contributed by atoms with Crippen molar-refractivity contribution in [3.05, 3.63) is 0 Å². The quantitative estimate of drug-likeness (QED) is 0.716. The molecule has 0 aromatic carbocycles. The van der Waals surface area contributed by atoms with Gasteiger partial charge in [-0.2, -0.15) is 17.0 Å². The van der Waals surface area contributed by atoms with Crippen molar-refractivity contribution in [2.75, 3.05) is 12.8 Å². The van der Waals surface area contributed by atoms with E-state index in [-0.39, 0.29) is 11.8 Å². The Labute approximate surface area is 94.8 Å². The number of carbonyl (C=O) groups excluding carboxylic acids is 1. The van der Waals surface area contributed by atoms with Gasteiger partial charge in [0.2, 0.25) is 5.91 Å². The van der Waals surface area contributed by atoms with Crippen LogP contribution in [-0.4, -0.2) is 34.9 Å². The summed E-state index contributed by atoms with van der Waals surface area (Å²) in [5.41, 5.74) is 0. The van der Waals surface area contributed by atoms with Crippen molar-refractivity contribution in [1.29, 1.82) is 5.26 Å². The maximum Gasteiger partial charge on any atom is 0.224 e. The van der Waals surface area contributed by atoms with E-state index in [0.717, 1.165) is 12.8 Å². The summed E-state index contributed by atoms with van der Waals surface area (Å²) < 4.78 is 0. The lowest BCUT2D eigenvalue weighted by Gasteiger charge is -2.23. The second kappa shape index (κ2) is 4.44. The number of amides is 1. The molecule has 82 valence electrons. The Hall–Kier alpha value is -0.690. The smallest absolute Gasteiger partial charge is 0.224 e. The molecule has 0 spiro atoms. The Kier molecular flexibility index (Phi) is 3.20. The van der Waals surface area contributed by atoms with E-state index in [0.29, 0.717) is 24.3 Å². The normalized spacial score (nSPS) is 35.9. The van der Waals surface area contributed by atoms with Gasteiger partial charge in [-0.25, -0.2) is 0 Å². The molecule has 0 bridgehead atoms. The van der Waals surface area contributed by atoms with Gasteiger partial charge in [-0.3, -0.25) is 4.79 Å². The van der Waals surface area contributed by atoms with Gasteiger partial charge in [-0.15, -0.1) is 0 Å². The highest BCUT2D eigenvalue weighted by atomic mass is 32.2. The van der Waals surface area contributed by atoms with Gasteiger partial charge in [0, 0.05) is 24.3 Å². The van der Waals surface area contributed by atoms with Gasteiger partial charge in [0.15, 0.2) is 0 Å². The predicted octanol–water partition coefficient (Wildman–Crippen LogP) is 1.64. The molecule has 0 radical (unpaired) electrons. The van der Waals surface area contributed by atoms with Crippen LogP contribution in [0.15, 0.2) is 0 Å². The average Bonchev–Trinajstić information content (AvgIpc) is 2.83. The first-order valence-corrected chi connectivity index (χ1v) is 6.75. The highest BCUT2D eigenvalue weighted by molar-refractivity contribution is 7.99. The number of rotatable bonds is 2. The number of thioether (sulfide) groups is 1. The van der Waals surface area contributed by atoms with E-state index in [9.17, 15) is 4.79 Å². The fourth-order valence-corrected chi connectivity index (χ4v) is 3.37. The summed E-state index contributed by atoms with van der Waals surface area (Å²) in [7, 11) is 0. The Morgan fingerprint density at radius 2 is 2.33 bits per heavy atom. The molecule has 3 atom stereocenters. The highest BCUT2D eigenvalue weighted by Crippen LogP contribution is 2.34. The lowest BCUT2D eigenvalue weighted by Crippen LogP contribution is -2.34. The third-order valence-electron chi connectivity index (χ3n) is 3.47. The Morgan fingerprint density at radius 1 is 1.53 bits per heavy atom. The second-order valence-corrected chi connectivity index (χ2v) is 5.54. The third-order valence-corrected chi connectivity index (χ3v) is 4.57. The maximum absolute atomic E-state index is 11.7. The molecule has 15 heavy (non-hydrogen) atoms. The van der Waals surface area contributed by atoms with Gasteiger partial charge in [-0.05, 0) is 25.5 Å². The van der Waals surface area contributed by atoms with Gasteiger partial charge in [0.25, 0.3) is 0 Å². The topological polar surface area (TPSA) is 44.1 Å². The zero-order chi connectivity index (χ0) is 10.8. The summed E-state index contributed by atoms with van der Waals surface area (Å²) in [5.74, 6) is 0.124. The van der Waals surface area contributed by atoms with Crippen LogP contribution in [-0.2, 0) is 4.79 Å². The molecule has 0 N–H and O–H groups in total. The zero-order valence-corrected chi connectivity index (χ0v) is 9.80. The molecule has 1 saturated heterocycles. The number of hydrogen-bond donors (Lipinski definition) is 0. The molecule has 2 rings (SSSR count). The first-order valence-electron chi connectivity index (χ1n) is 5.46. The predicted molar refractivity (Wildman–Crippen MR) is 60.4 cm³/mol. The van der Waals surface area contributed by atoms with Crippen molar-refractivity contribution >= 4 is 17.7 Å². The van der Waals surface area contributed by atoms with Gasteiger partial charge in [0.05, 0.1) is 12.0 Å². The van der Waals surface area contributed by atoms with E-state index < -0.39 is 0 Å². The molecule has 1 amide bonds.